The molecule has 1 aromatic heterocycles. The Kier molecular flexibility index (Phi) is 2.37. The molecule has 2 heterocycles. The number of para-hydroxylation sites is 2. The average Bonchev–Trinajstić information content (AvgIpc) is 2.37. The first-order chi connectivity index (χ1) is 8.74. The fourth-order valence-electron chi connectivity index (χ4n) is 2.07. The third-order valence-corrected chi connectivity index (χ3v) is 2.85. The van der Waals surface area contributed by atoms with Gasteiger partial charge in [-0.3, -0.25) is 4.79 Å². The molecule has 1 aliphatic rings. The summed E-state index contributed by atoms with van der Waals surface area (Å²) in [7, 11) is 0. The molecule has 2 aromatic rings. The lowest BCUT2D eigenvalue weighted by Crippen LogP contribution is -2.35. The van der Waals surface area contributed by atoms with Crippen molar-refractivity contribution < 1.29 is 4.79 Å². The van der Waals surface area contributed by atoms with E-state index >= 15 is 0 Å². The van der Waals surface area contributed by atoms with Crippen molar-refractivity contribution in [2.24, 2.45) is 0 Å². The van der Waals surface area contributed by atoms with E-state index in [4.69, 9.17) is 5.73 Å². The predicted octanol–water partition coefficient (Wildman–Crippen LogP) is 1.75. The molecule has 1 amide bonds. The van der Waals surface area contributed by atoms with Crippen LogP contribution in [0.5, 0.6) is 0 Å². The third kappa shape index (κ3) is 1.75. The number of anilines is 4. The minimum atomic E-state index is -0.0379. The van der Waals surface area contributed by atoms with Crippen LogP contribution >= 0.6 is 0 Å². The number of hydrogen-bond acceptors (Lipinski definition) is 4. The molecule has 5 heteroatoms. The highest BCUT2D eigenvalue weighted by atomic mass is 16.2. The van der Waals surface area contributed by atoms with E-state index in [0.29, 0.717) is 5.82 Å². The second-order valence-electron chi connectivity index (χ2n) is 4.09. The van der Waals surface area contributed by atoms with Gasteiger partial charge >= 0.3 is 0 Å². The molecular weight excluding hydrogens is 228 g/mol. The molecule has 0 atom stereocenters. The number of nitrogens with two attached hydrogens (primary N) is 1. The number of benzene rings is 1. The summed E-state index contributed by atoms with van der Waals surface area (Å²) < 4.78 is 0. The average molecular weight is 240 g/mol. The number of hydrogen-bond donors (Lipinski definition) is 2. The number of pyridine rings is 1. The number of nitrogens with zero attached hydrogens (tertiary/aromatic N) is 2. The van der Waals surface area contributed by atoms with Crippen molar-refractivity contribution >= 4 is 28.8 Å². The summed E-state index contributed by atoms with van der Waals surface area (Å²) in [5.74, 6) is 0.403. The number of rotatable bonds is 1. The smallest absolute Gasteiger partial charge is 0.244 e. The van der Waals surface area contributed by atoms with Gasteiger partial charge in [0.05, 0.1) is 11.4 Å². The molecule has 90 valence electrons. The first-order valence-electron chi connectivity index (χ1n) is 5.62. The van der Waals surface area contributed by atoms with Gasteiger partial charge in [0, 0.05) is 18.0 Å². The maximum absolute atomic E-state index is 11.7. The summed E-state index contributed by atoms with van der Waals surface area (Å²) in [6, 6.07) is 11.3. The largest absolute Gasteiger partial charge is 0.384 e. The van der Waals surface area contributed by atoms with Gasteiger partial charge in [0.2, 0.25) is 5.91 Å². The highest BCUT2D eigenvalue weighted by Gasteiger charge is 2.22. The lowest BCUT2D eigenvalue weighted by molar-refractivity contribution is -0.115. The Labute approximate surface area is 104 Å². The van der Waals surface area contributed by atoms with Crippen molar-refractivity contribution in [3.63, 3.8) is 0 Å². The second kappa shape index (κ2) is 4.03. The van der Waals surface area contributed by atoms with Gasteiger partial charge < -0.3 is 16.0 Å². The van der Waals surface area contributed by atoms with E-state index in [0.717, 1.165) is 17.1 Å². The van der Waals surface area contributed by atoms with E-state index in [1.54, 1.807) is 12.3 Å². The maximum atomic E-state index is 11.7. The first kappa shape index (κ1) is 10.6. The van der Waals surface area contributed by atoms with Crippen LogP contribution in [0.15, 0.2) is 42.6 Å². The van der Waals surface area contributed by atoms with Crippen LogP contribution in [0.4, 0.5) is 22.9 Å². The highest BCUT2D eigenvalue weighted by Crippen LogP contribution is 2.34. The second-order valence-corrected chi connectivity index (χ2v) is 4.09. The molecule has 3 rings (SSSR count). The van der Waals surface area contributed by atoms with Crippen LogP contribution in [0.1, 0.15) is 0 Å². The molecule has 1 aromatic carbocycles. The molecule has 0 bridgehead atoms. The van der Waals surface area contributed by atoms with Crippen molar-refractivity contribution in [3.05, 3.63) is 42.6 Å². The molecule has 18 heavy (non-hydrogen) atoms. The van der Waals surface area contributed by atoms with Crippen LogP contribution in [0, 0.1) is 0 Å². The van der Waals surface area contributed by atoms with E-state index < -0.39 is 0 Å². The topological polar surface area (TPSA) is 71.2 Å². The molecule has 0 fully saturated rings. The summed E-state index contributed by atoms with van der Waals surface area (Å²) >= 11 is 0. The van der Waals surface area contributed by atoms with Gasteiger partial charge in [-0.15, -0.1) is 0 Å². The molecule has 0 saturated heterocycles. The van der Waals surface area contributed by atoms with Gasteiger partial charge in [-0.2, -0.15) is 0 Å². The number of aromatic nitrogens is 1. The Bertz CT molecular complexity index is 611. The molecule has 0 unspecified atom stereocenters. The summed E-state index contributed by atoms with van der Waals surface area (Å²) in [5.41, 5.74) is 8.32. The Hall–Kier alpha value is -2.56. The van der Waals surface area contributed by atoms with Crippen LogP contribution in [-0.4, -0.2) is 17.4 Å². The number of carbonyl (C=O) groups is 1. The Morgan fingerprint density at radius 3 is 2.94 bits per heavy atom. The van der Waals surface area contributed by atoms with Crippen LogP contribution in [-0.2, 0) is 4.79 Å². The van der Waals surface area contributed by atoms with Gasteiger partial charge in [0.25, 0.3) is 0 Å². The number of amides is 1. The van der Waals surface area contributed by atoms with Crippen LogP contribution in [0.2, 0.25) is 0 Å². The Balaban J connectivity index is 2.10. The van der Waals surface area contributed by atoms with E-state index in [-0.39, 0.29) is 12.5 Å². The molecule has 0 radical (unpaired) electrons. The third-order valence-electron chi connectivity index (χ3n) is 2.85. The fraction of sp³-hybridized carbons (Fsp3) is 0.0769. The summed E-state index contributed by atoms with van der Waals surface area (Å²) in [4.78, 5) is 17.6. The van der Waals surface area contributed by atoms with Crippen LogP contribution < -0.4 is 16.0 Å². The van der Waals surface area contributed by atoms with Gasteiger partial charge in [-0.05, 0) is 18.2 Å². The van der Waals surface area contributed by atoms with Gasteiger partial charge in [0.15, 0.2) is 0 Å². The van der Waals surface area contributed by atoms with Gasteiger partial charge in [-0.25, -0.2) is 4.98 Å². The number of fused-ring (bicyclic) bond motifs is 1. The minimum absolute atomic E-state index is 0.0379. The summed E-state index contributed by atoms with van der Waals surface area (Å²) in [6.07, 6.45) is 1.64. The van der Waals surface area contributed by atoms with Gasteiger partial charge in [0.1, 0.15) is 12.4 Å². The van der Waals surface area contributed by atoms with Gasteiger partial charge in [-0.1, -0.05) is 12.1 Å². The monoisotopic (exact) mass is 240 g/mol. The Morgan fingerprint density at radius 2 is 2.11 bits per heavy atom. The van der Waals surface area contributed by atoms with E-state index in [9.17, 15) is 4.79 Å². The number of nitrogens with one attached hydrogen (secondary N) is 1. The molecule has 0 spiro atoms. The van der Waals surface area contributed by atoms with E-state index in [2.05, 4.69) is 10.3 Å². The van der Waals surface area contributed by atoms with E-state index in [1.807, 2.05) is 35.2 Å². The highest BCUT2D eigenvalue weighted by molar-refractivity contribution is 6.03. The minimum Gasteiger partial charge on any atom is -0.384 e. The molecule has 1 aliphatic heterocycles. The zero-order valence-corrected chi connectivity index (χ0v) is 9.63. The SMILES string of the molecule is Nc1cc(N2CC(=O)Nc3ccccc32)ccn1. The molecule has 0 saturated carbocycles. The summed E-state index contributed by atoms with van der Waals surface area (Å²) in [5, 5.41) is 2.85. The van der Waals surface area contributed by atoms with Crippen molar-refractivity contribution in [2.75, 3.05) is 22.5 Å². The summed E-state index contributed by atoms with van der Waals surface area (Å²) in [6.45, 7) is 0.278. The number of nitrogen functional groups attached to an aromatic ring is 1. The van der Waals surface area contributed by atoms with Crippen molar-refractivity contribution in [1.82, 2.24) is 4.98 Å². The number of carbonyl (C=O) groups excluding carboxylic acids is 1. The quantitative estimate of drug-likeness (QED) is 0.796. The van der Waals surface area contributed by atoms with Crippen molar-refractivity contribution in [2.45, 2.75) is 0 Å². The lowest BCUT2D eigenvalue weighted by atomic mass is 10.1. The standard InChI is InChI=1S/C13H12N4O/c14-12-7-9(5-6-15-12)17-8-13(18)16-10-3-1-2-4-11(10)17/h1-7H,8H2,(H2,14,15)(H,16,18). The van der Waals surface area contributed by atoms with Crippen molar-refractivity contribution in [1.29, 1.82) is 0 Å². The van der Waals surface area contributed by atoms with Crippen LogP contribution in [0.25, 0.3) is 0 Å². The first-order valence-corrected chi connectivity index (χ1v) is 5.62. The predicted molar refractivity (Wildman–Crippen MR) is 70.7 cm³/mol. The molecular formula is C13H12N4O. The normalized spacial score (nSPS) is 14.0. The van der Waals surface area contributed by atoms with Crippen LogP contribution in [0.3, 0.4) is 0 Å². The van der Waals surface area contributed by atoms with Crippen molar-refractivity contribution in [3.8, 4) is 0 Å². The maximum Gasteiger partial charge on any atom is 0.244 e. The fourth-order valence-corrected chi connectivity index (χ4v) is 2.07. The molecule has 0 aliphatic carbocycles. The zero-order valence-electron chi connectivity index (χ0n) is 9.63. The van der Waals surface area contributed by atoms with E-state index in [1.165, 1.54) is 0 Å². The molecule has 3 N–H and O–H groups in total. The lowest BCUT2D eigenvalue weighted by Gasteiger charge is -2.30. The Morgan fingerprint density at radius 1 is 1.28 bits per heavy atom. The molecule has 5 nitrogen and oxygen atoms in total. The zero-order chi connectivity index (χ0) is 12.5.